The summed E-state index contributed by atoms with van der Waals surface area (Å²) in [5.41, 5.74) is 0. The van der Waals surface area contributed by atoms with Gasteiger partial charge in [0.15, 0.2) is 6.29 Å². The predicted molar refractivity (Wildman–Crippen MR) is 58.0 cm³/mol. The van der Waals surface area contributed by atoms with E-state index in [2.05, 4.69) is 6.92 Å². The third-order valence-electron chi connectivity index (χ3n) is 3.41. The van der Waals surface area contributed by atoms with Crippen molar-refractivity contribution >= 4 is 0 Å². The zero-order chi connectivity index (χ0) is 10.4. The van der Waals surface area contributed by atoms with Crippen molar-refractivity contribution in [2.24, 2.45) is 11.8 Å². The smallest absolute Gasteiger partial charge is 0.156 e. The number of methoxy groups -OCH3 is 1. The Hall–Kier alpha value is -0.0800. The minimum atomic E-state index is -0.571. The molecule has 2 heteroatoms. The summed E-state index contributed by atoms with van der Waals surface area (Å²) in [5.74, 6) is 1.10. The van der Waals surface area contributed by atoms with Gasteiger partial charge in [-0.05, 0) is 12.3 Å². The molecule has 1 N–H and O–H groups in total. The second-order valence-electron chi connectivity index (χ2n) is 4.70. The molecular formula is C12H24O2. The lowest BCUT2D eigenvalue weighted by Gasteiger charge is -2.22. The van der Waals surface area contributed by atoms with Gasteiger partial charge in [-0.1, -0.05) is 45.4 Å². The first-order chi connectivity index (χ1) is 6.74. The summed E-state index contributed by atoms with van der Waals surface area (Å²) in [4.78, 5) is 0. The van der Waals surface area contributed by atoms with Crippen LogP contribution in [0.5, 0.6) is 0 Å². The molecule has 2 unspecified atom stereocenters. The van der Waals surface area contributed by atoms with Crippen molar-refractivity contribution in [1.29, 1.82) is 0 Å². The number of rotatable bonds is 4. The molecule has 1 aliphatic carbocycles. The molecule has 0 heterocycles. The predicted octanol–water partition coefficient (Wildman–Crippen LogP) is 2.95. The zero-order valence-corrected chi connectivity index (χ0v) is 9.54. The minimum Gasteiger partial charge on any atom is -0.368 e. The number of ether oxygens (including phenoxy) is 1. The molecule has 2 nitrogen and oxygen atoms in total. The van der Waals surface area contributed by atoms with Crippen molar-refractivity contribution in [3.8, 4) is 0 Å². The van der Waals surface area contributed by atoms with Crippen molar-refractivity contribution < 1.29 is 9.84 Å². The normalized spacial score (nSPS) is 24.2. The molecule has 0 aliphatic heterocycles. The number of hydrogen-bond donors (Lipinski definition) is 1. The van der Waals surface area contributed by atoms with E-state index in [0.29, 0.717) is 0 Å². The van der Waals surface area contributed by atoms with E-state index >= 15 is 0 Å². The fraction of sp³-hybridized carbons (Fsp3) is 1.00. The van der Waals surface area contributed by atoms with E-state index < -0.39 is 6.29 Å². The Morgan fingerprint density at radius 1 is 1.21 bits per heavy atom. The lowest BCUT2D eigenvalue weighted by atomic mass is 9.89. The third-order valence-corrected chi connectivity index (χ3v) is 3.41. The fourth-order valence-electron chi connectivity index (χ4n) is 2.47. The maximum absolute atomic E-state index is 9.51. The number of aliphatic hydroxyl groups is 1. The Balaban J connectivity index is 2.26. The maximum Gasteiger partial charge on any atom is 0.156 e. The van der Waals surface area contributed by atoms with Gasteiger partial charge in [0.1, 0.15) is 0 Å². The molecule has 1 saturated carbocycles. The van der Waals surface area contributed by atoms with Crippen LogP contribution in [0.1, 0.15) is 51.9 Å². The van der Waals surface area contributed by atoms with Gasteiger partial charge in [-0.2, -0.15) is 0 Å². The monoisotopic (exact) mass is 200 g/mol. The Kier molecular flexibility index (Phi) is 5.49. The maximum atomic E-state index is 9.51. The Morgan fingerprint density at radius 2 is 1.79 bits per heavy atom. The third kappa shape index (κ3) is 3.97. The SMILES string of the molecule is COC(O)C(C)CC1CCCCCC1. The summed E-state index contributed by atoms with van der Waals surface area (Å²) in [5, 5.41) is 9.51. The molecule has 0 aromatic carbocycles. The highest BCUT2D eigenvalue weighted by Crippen LogP contribution is 2.29. The lowest BCUT2D eigenvalue weighted by molar-refractivity contribution is -0.112. The van der Waals surface area contributed by atoms with Gasteiger partial charge in [0.2, 0.25) is 0 Å². The van der Waals surface area contributed by atoms with Crippen LogP contribution in [0.25, 0.3) is 0 Å². The molecule has 0 bridgehead atoms. The van der Waals surface area contributed by atoms with Crippen LogP contribution in [0, 0.1) is 11.8 Å². The van der Waals surface area contributed by atoms with Gasteiger partial charge in [0.05, 0.1) is 0 Å². The largest absolute Gasteiger partial charge is 0.368 e. The molecule has 2 atom stereocenters. The summed E-state index contributed by atoms with van der Waals surface area (Å²) < 4.78 is 4.94. The minimum absolute atomic E-state index is 0.281. The van der Waals surface area contributed by atoms with E-state index in [4.69, 9.17) is 4.74 Å². The molecular weight excluding hydrogens is 176 g/mol. The molecule has 14 heavy (non-hydrogen) atoms. The highest BCUT2D eigenvalue weighted by atomic mass is 16.6. The summed E-state index contributed by atoms with van der Waals surface area (Å²) in [6, 6.07) is 0. The van der Waals surface area contributed by atoms with E-state index in [1.807, 2.05) is 0 Å². The molecule has 0 aromatic heterocycles. The van der Waals surface area contributed by atoms with Crippen LogP contribution in [0.15, 0.2) is 0 Å². The van der Waals surface area contributed by atoms with Crippen LogP contribution >= 0.6 is 0 Å². The van der Waals surface area contributed by atoms with Crippen LogP contribution in [-0.2, 0) is 4.74 Å². The van der Waals surface area contributed by atoms with Crippen LogP contribution in [0.3, 0.4) is 0 Å². The van der Waals surface area contributed by atoms with Gasteiger partial charge in [0.25, 0.3) is 0 Å². The summed E-state index contributed by atoms with van der Waals surface area (Å²) >= 11 is 0. The molecule has 0 aromatic rings. The van der Waals surface area contributed by atoms with E-state index in [0.717, 1.165) is 12.3 Å². The van der Waals surface area contributed by atoms with E-state index in [1.54, 1.807) is 7.11 Å². The lowest BCUT2D eigenvalue weighted by Crippen LogP contribution is -2.22. The molecule has 84 valence electrons. The first kappa shape index (κ1) is 12.0. The molecule has 0 radical (unpaired) electrons. The Morgan fingerprint density at radius 3 is 2.29 bits per heavy atom. The molecule has 0 spiro atoms. The zero-order valence-electron chi connectivity index (χ0n) is 9.54. The Labute approximate surface area is 87.7 Å². The van der Waals surface area contributed by atoms with Crippen molar-refractivity contribution in [3.05, 3.63) is 0 Å². The molecule has 1 fully saturated rings. The summed E-state index contributed by atoms with van der Waals surface area (Å²) in [7, 11) is 1.58. The topological polar surface area (TPSA) is 29.5 Å². The highest BCUT2D eigenvalue weighted by molar-refractivity contribution is 4.68. The average molecular weight is 200 g/mol. The standard InChI is InChI=1S/C12H24O2/c1-10(12(13)14-2)9-11-7-5-3-4-6-8-11/h10-13H,3-9H2,1-2H3. The van der Waals surface area contributed by atoms with Crippen molar-refractivity contribution in [3.63, 3.8) is 0 Å². The van der Waals surface area contributed by atoms with Crippen LogP contribution in [0.4, 0.5) is 0 Å². The first-order valence-corrected chi connectivity index (χ1v) is 5.95. The number of hydrogen-bond acceptors (Lipinski definition) is 2. The molecule has 0 amide bonds. The Bertz CT molecular complexity index is 139. The van der Waals surface area contributed by atoms with E-state index in [1.165, 1.54) is 38.5 Å². The quantitative estimate of drug-likeness (QED) is 0.558. The summed E-state index contributed by atoms with van der Waals surface area (Å²) in [6.07, 6.45) is 8.80. The van der Waals surface area contributed by atoms with Crippen LogP contribution in [-0.4, -0.2) is 18.5 Å². The fourth-order valence-corrected chi connectivity index (χ4v) is 2.47. The van der Waals surface area contributed by atoms with Gasteiger partial charge in [-0.15, -0.1) is 0 Å². The summed E-state index contributed by atoms with van der Waals surface area (Å²) in [6.45, 7) is 2.08. The average Bonchev–Trinajstić information content (AvgIpc) is 2.45. The highest BCUT2D eigenvalue weighted by Gasteiger charge is 2.19. The van der Waals surface area contributed by atoms with Crippen molar-refractivity contribution in [2.75, 3.05) is 7.11 Å². The van der Waals surface area contributed by atoms with Crippen LogP contribution in [0.2, 0.25) is 0 Å². The van der Waals surface area contributed by atoms with Gasteiger partial charge >= 0.3 is 0 Å². The van der Waals surface area contributed by atoms with Crippen LogP contribution < -0.4 is 0 Å². The number of aliphatic hydroxyl groups excluding tert-OH is 1. The van der Waals surface area contributed by atoms with Crippen molar-refractivity contribution in [2.45, 2.75) is 58.2 Å². The molecule has 1 rings (SSSR count). The first-order valence-electron chi connectivity index (χ1n) is 5.95. The molecule has 1 aliphatic rings. The van der Waals surface area contributed by atoms with E-state index in [9.17, 15) is 5.11 Å². The van der Waals surface area contributed by atoms with Gasteiger partial charge in [0, 0.05) is 13.0 Å². The second kappa shape index (κ2) is 6.41. The van der Waals surface area contributed by atoms with Crippen molar-refractivity contribution in [1.82, 2.24) is 0 Å². The van der Waals surface area contributed by atoms with Gasteiger partial charge in [-0.3, -0.25) is 0 Å². The molecule has 0 saturated heterocycles. The van der Waals surface area contributed by atoms with Gasteiger partial charge in [-0.25, -0.2) is 0 Å². The van der Waals surface area contributed by atoms with Gasteiger partial charge < -0.3 is 9.84 Å². The second-order valence-corrected chi connectivity index (χ2v) is 4.70. The van der Waals surface area contributed by atoms with E-state index in [-0.39, 0.29) is 5.92 Å².